The van der Waals surface area contributed by atoms with Crippen molar-refractivity contribution >= 4 is 5.97 Å². The summed E-state index contributed by atoms with van der Waals surface area (Å²) in [6.07, 6.45) is -6.78. The molecule has 2 saturated heterocycles. The highest BCUT2D eigenvalue weighted by molar-refractivity contribution is 5.66. The number of hydrogen-bond acceptors (Lipinski definition) is 11. The smallest absolute Gasteiger partial charge is 0.303 e. The largest absolute Gasteiger partial charge is 0.457 e. The molecule has 11 nitrogen and oxygen atoms in total. The highest BCUT2D eigenvalue weighted by Gasteiger charge is 2.55. The zero-order chi connectivity index (χ0) is 42.5. The molecule has 5 aromatic rings. The molecule has 5 aromatic carbocycles. The predicted octanol–water partition coefficient (Wildman–Crippen LogP) is 8.15. The number of carbonyl (C=O) groups is 1. The minimum absolute atomic E-state index is 0.145. The summed E-state index contributed by atoms with van der Waals surface area (Å²) in [6, 6.07) is 49.6. The summed E-state index contributed by atoms with van der Waals surface area (Å²) >= 11 is 0. The van der Waals surface area contributed by atoms with E-state index >= 15 is 0 Å². The quantitative estimate of drug-likeness (QED) is 0.0798. The van der Waals surface area contributed by atoms with Crippen molar-refractivity contribution < 1.29 is 52.2 Å². The maximum Gasteiger partial charge on any atom is 0.303 e. The van der Waals surface area contributed by atoms with E-state index < -0.39 is 67.4 Å². The van der Waals surface area contributed by atoms with E-state index in [2.05, 4.69) is 0 Å². The van der Waals surface area contributed by atoms with Gasteiger partial charge in [0.2, 0.25) is 0 Å². The summed E-state index contributed by atoms with van der Waals surface area (Å²) in [7, 11) is 1.60. The molecule has 1 saturated carbocycles. The lowest BCUT2D eigenvalue weighted by Gasteiger charge is -2.51. The molecule has 62 heavy (non-hydrogen) atoms. The van der Waals surface area contributed by atoms with Crippen LogP contribution in [0.3, 0.4) is 0 Å². The summed E-state index contributed by atoms with van der Waals surface area (Å²) in [5.41, 5.74) is 4.83. The van der Waals surface area contributed by atoms with E-state index in [0.717, 1.165) is 27.8 Å². The molecule has 0 amide bonds. The zero-order valence-corrected chi connectivity index (χ0v) is 35.2. The molecule has 326 valence electrons. The van der Waals surface area contributed by atoms with Crippen molar-refractivity contribution in [3.05, 3.63) is 179 Å². The van der Waals surface area contributed by atoms with Crippen LogP contribution in [0.1, 0.15) is 47.5 Å². The van der Waals surface area contributed by atoms with E-state index in [0.29, 0.717) is 19.6 Å². The first-order valence-electron chi connectivity index (χ1n) is 21.4. The van der Waals surface area contributed by atoms with Gasteiger partial charge in [0, 0.05) is 25.5 Å². The molecular formula is C51H56O11. The van der Waals surface area contributed by atoms with Crippen LogP contribution >= 0.6 is 0 Å². The fraction of sp³-hybridized carbons (Fsp3) is 0.392. The fourth-order valence-corrected chi connectivity index (χ4v) is 8.52. The Morgan fingerprint density at radius 1 is 0.581 bits per heavy atom. The van der Waals surface area contributed by atoms with E-state index in [-0.39, 0.29) is 32.3 Å². The van der Waals surface area contributed by atoms with Crippen LogP contribution in [0.4, 0.5) is 0 Å². The van der Waals surface area contributed by atoms with E-state index in [4.69, 9.17) is 47.4 Å². The molecule has 0 radical (unpaired) electrons. The van der Waals surface area contributed by atoms with Crippen molar-refractivity contribution in [1.29, 1.82) is 0 Å². The SMILES string of the molecule is CO[C@@H]1O[C@H](COCc2ccccc2)[C@@H](O[C@@H]2C[C@@H]3CO[C@@H](c4ccccc4)O[C@H]3[C@H](OCc3ccccc3)[C@H]2OC(C)=O)[C@H](OCc2ccccc2)[C@H]1OCc1ccccc1. The molecule has 0 bridgehead atoms. The zero-order valence-electron chi connectivity index (χ0n) is 35.2. The second-order valence-electron chi connectivity index (χ2n) is 15.9. The van der Waals surface area contributed by atoms with Crippen molar-refractivity contribution in [1.82, 2.24) is 0 Å². The Morgan fingerprint density at radius 3 is 1.61 bits per heavy atom. The third-order valence-electron chi connectivity index (χ3n) is 11.5. The van der Waals surface area contributed by atoms with E-state index in [1.807, 2.05) is 152 Å². The van der Waals surface area contributed by atoms with Crippen molar-refractivity contribution in [2.75, 3.05) is 20.3 Å². The van der Waals surface area contributed by atoms with Crippen LogP contribution in [0.2, 0.25) is 0 Å². The first-order chi connectivity index (χ1) is 30.5. The average Bonchev–Trinajstić information content (AvgIpc) is 3.32. The molecule has 3 aliphatic rings. The molecule has 0 unspecified atom stereocenters. The molecule has 0 aromatic heterocycles. The maximum atomic E-state index is 13.1. The molecule has 11 heteroatoms. The lowest BCUT2D eigenvalue weighted by molar-refractivity contribution is -0.342. The summed E-state index contributed by atoms with van der Waals surface area (Å²) < 4.78 is 66.4. The van der Waals surface area contributed by atoms with Gasteiger partial charge in [-0.3, -0.25) is 4.79 Å². The first-order valence-corrected chi connectivity index (χ1v) is 21.4. The molecule has 0 N–H and O–H groups in total. The first kappa shape index (κ1) is 43.8. The number of rotatable bonds is 18. The van der Waals surface area contributed by atoms with Gasteiger partial charge in [0.1, 0.15) is 30.5 Å². The van der Waals surface area contributed by atoms with Crippen LogP contribution in [-0.2, 0) is 78.6 Å². The van der Waals surface area contributed by atoms with E-state index in [1.54, 1.807) is 7.11 Å². The topological polar surface area (TPSA) is 109 Å². The average molecular weight is 845 g/mol. The van der Waals surface area contributed by atoms with Gasteiger partial charge in [0.25, 0.3) is 0 Å². The number of benzene rings is 5. The molecule has 2 heterocycles. The van der Waals surface area contributed by atoms with Crippen LogP contribution in [0.15, 0.2) is 152 Å². The third-order valence-corrected chi connectivity index (χ3v) is 11.5. The summed E-state index contributed by atoms with van der Waals surface area (Å²) in [4.78, 5) is 13.1. The number of esters is 1. The second kappa shape index (κ2) is 22.0. The Balaban J connectivity index is 1.14. The Bertz CT molecular complexity index is 2060. The van der Waals surface area contributed by atoms with Crippen LogP contribution in [-0.4, -0.2) is 81.4 Å². The Morgan fingerprint density at radius 2 is 1.08 bits per heavy atom. The van der Waals surface area contributed by atoms with Crippen molar-refractivity contribution in [3.8, 4) is 0 Å². The number of hydrogen-bond donors (Lipinski definition) is 0. The van der Waals surface area contributed by atoms with E-state index in [9.17, 15) is 4.79 Å². The molecular weight excluding hydrogens is 789 g/mol. The number of methoxy groups -OCH3 is 1. The van der Waals surface area contributed by atoms with Crippen LogP contribution < -0.4 is 0 Å². The predicted molar refractivity (Wildman–Crippen MR) is 229 cm³/mol. The van der Waals surface area contributed by atoms with Crippen molar-refractivity contribution in [2.24, 2.45) is 5.92 Å². The lowest BCUT2D eigenvalue weighted by atomic mass is 9.79. The monoisotopic (exact) mass is 844 g/mol. The molecule has 0 spiro atoms. The maximum absolute atomic E-state index is 13.1. The van der Waals surface area contributed by atoms with Gasteiger partial charge in [-0.15, -0.1) is 0 Å². The standard InChI is InChI=1S/C51H56O11/c1-35(52)59-45-42(28-41-33-58-50(40-26-16-7-17-27-40)62-44(41)47(45)55-30-37-20-10-4-11-21-37)60-46-43(34-54-29-36-18-8-3-9-19-36)61-51(53-2)49(57-32-39-24-14-6-15-25-39)48(46)56-31-38-22-12-5-13-23-38/h3-27,41-51H,28-34H2,1-2H3/t41-,42-,43-,44-,45+,46-,47+,48+,49-,50-,51-/m1/s1. The number of ether oxygens (including phenoxy) is 10. The molecule has 8 rings (SSSR count). The van der Waals surface area contributed by atoms with Crippen molar-refractivity contribution in [2.45, 2.75) is 101 Å². The Labute approximate surface area is 364 Å². The van der Waals surface area contributed by atoms with Gasteiger partial charge in [0.05, 0.1) is 51.8 Å². The van der Waals surface area contributed by atoms with Crippen LogP contribution in [0.25, 0.3) is 0 Å². The van der Waals surface area contributed by atoms with Gasteiger partial charge >= 0.3 is 5.97 Å². The Kier molecular flexibility index (Phi) is 15.6. The molecule has 2 aliphatic heterocycles. The van der Waals surface area contributed by atoms with Gasteiger partial charge in [-0.25, -0.2) is 0 Å². The highest BCUT2D eigenvalue weighted by atomic mass is 16.7. The summed E-state index contributed by atoms with van der Waals surface area (Å²) in [5, 5.41) is 0. The van der Waals surface area contributed by atoms with Crippen molar-refractivity contribution in [3.63, 3.8) is 0 Å². The summed E-state index contributed by atoms with van der Waals surface area (Å²) in [6.45, 7) is 3.07. The van der Waals surface area contributed by atoms with Gasteiger partial charge in [0.15, 0.2) is 18.7 Å². The second-order valence-corrected chi connectivity index (χ2v) is 15.9. The lowest BCUT2D eigenvalue weighted by Crippen LogP contribution is -2.65. The number of carbonyl (C=O) groups excluding carboxylic acids is 1. The minimum atomic E-state index is -0.878. The normalized spacial score (nSPS) is 28.5. The van der Waals surface area contributed by atoms with Gasteiger partial charge in [-0.1, -0.05) is 152 Å². The Hall–Kier alpha value is -4.79. The number of fused-ring (bicyclic) bond motifs is 1. The van der Waals surface area contributed by atoms with Crippen LogP contribution in [0.5, 0.6) is 0 Å². The molecule has 1 aliphatic carbocycles. The van der Waals surface area contributed by atoms with Gasteiger partial charge in [-0.05, 0) is 28.7 Å². The van der Waals surface area contributed by atoms with Gasteiger partial charge in [-0.2, -0.15) is 0 Å². The van der Waals surface area contributed by atoms with E-state index in [1.165, 1.54) is 6.92 Å². The summed E-state index contributed by atoms with van der Waals surface area (Å²) in [5.74, 6) is -0.643. The van der Waals surface area contributed by atoms with Crippen LogP contribution in [0, 0.1) is 5.92 Å². The highest BCUT2D eigenvalue weighted by Crippen LogP contribution is 2.42. The van der Waals surface area contributed by atoms with Gasteiger partial charge < -0.3 is 47.4 Å². The minimum Gasteiger partial charge on any atom is -0.457 e. The third kappa shape index (κ3) is 11.4. The molecule has 3 fully saturated rings. The molecule has 11 atom stereocenters. The fourth-order valence-electron chi connectivity index (χ4n) is 8.52.